The lowest BCUT2D eigenvalue weighted by atomic mass is 9.48. The Morgan fingerprint density at radius 3 is 2.19 bits per heavy atom. The van der Waals surface area contributed by atoms with Gasteiger partial charge in [-0.25, -0.2) is 14.5 Å². The Morgan fingerprint density at radius 2 is 1.60 bits per heavy atom. The highest BCUT2D eigenvalue weighted by atomic mass is 127. The summed E-state index contributed by atoms with van der Waals surface area (Å²) < 4.78 is 12.6. The van der Waals surface area contributed by atoms with E-state index in [0.29, 0.717) is 32.9 Å². The van der Waals surface area contributed by atoms with Crippen LogP contribution in [0.4, 0.5) is 10.5 Å². The first-order valence-corrected chi connectivity index (χ1v) is 17.1. The number of hydrogen-bond acceptors (Lipinski definition) is 6. The van der Waals surface area contributed by atoms with Crippen LogP contribution < -0.4 is 19.7 Å². The van der Waals surface area contributed by atoms with E-state index in [1.807, 2.05) is 19.1 Å². The summed E-state index contributed by atoms with van der Waals surface area (Å²) >= 11 is 2.10. The molecule has 5 fully saturated rings. The number of carboxylic acids is 1. The lowest BCUT2D eigenvalue weighted by Crippen LogP contribution is -2.54. The second kappa shape index (κ2) is 12.4. The molecule has 5 aliphatic rings. The third kappa shape index (κ3) is 6.03. The normalized spacial score (nSPS) is 25.7. The number of barbiturate groups is 1. The van der Waals surface area contributed by atoms with Gasteiger partial charge in [0, 0.05) is 0 Å². The van der Waals surface area contributed by atoms with Gasteiger partial charge in [-0.1, -0.05) is 24.3 Å². The molecule has 1 heterocycles. The molecule has 4 amide bonds. The Hall–Kier alpha value is -4.19. The number of carboxylic acid groups (broad SMARTS) is 1. The van der Waals surface area contributed by atoms with Gasteiger partial charge in [-0.3, -0.25) is 14.9 Å². The Labute approximate surface area is 286 Å². The van der Waals surface area contributed by atoms with Crippen LogP contribution in [0, 0.1) is 21.3 Å². The predicted molar refractivity (Wildman–Crippen MR) is 183 cm³/mol. The summed E-state index contributed by atoms with van der Waals surface area (Å²) in [6, 6.07) is 16.9. The minimum absolute atomic E-state index is 0.166. The lowest BCUT2D eigenvalue weighted by molar-refractivity contribution is -0.122. The van der Waals surface area contributed by atoms with E-state index in [4.69, 9.17) is 14.6 Å². The van der Waals surface area contributed by atoms with Gasteiger partial charge in [0.25, 0.3) is 11.8 Å². The zero-order chi connectivity index (χ0) is 32.9. The largest absolute Gasteiger partial charge is 0.490 e. The molecule has 0 aromatic heterocycles. The fourth-order valence-corrected chi connectivity index (χ4v) is 9.24. The number of ether oxygens (including phenoxy) is 2. The minimum Gasteiger partial charge on any atom is -0.490 e. The van der Waals surface area contributed by atoms with Crippen LogP contribution in [-0.2, 0) is 21.6 Å². The number of benzene rings is 3. The lowest BCUT2D eigenvalue weighted by Gasteiger charge is -2.57. The summed E-state index contributed by atoms with van der Waals surface area (Å²) in [6.45, 7) is 2.36. The molecule has 2 N–H and O–H groups in total. The summed E-state index contributed by atoms with van der Waals surface area (Å²) in [5, 5.41) is 11.5. The zero-order valence-electron chi connectivity index (χ0n) is 26.0. The molecular formula is C37H35IN2O7. The molecule has 1 saturated heterocycles. The van der Waals surface area contributed by atoms with Crippen LogP contribution in [0.5, 0.6) is 11.5 Å². The van der Waals surface area contributed by atoms with Crippen molar-refractivity contribution in [1.29, 1.82) is 0 Å². The third-order valence-electron chi connectivity index (χ3n) is 10.1. The number of halogens is 1. The van der Waals surface area contributed by atoms with Gasteiger partial charge in [-0.15, -0.1) is 0 Å². The van der Waals surface area contributed by atoms with Crippen LogP contribution in [0.15, 0.2) is 66.2 Å². The molecule has 0 radical (unpaired) electrons. The van der Waals surface area contributed by atoms with E-state index in [-0.39, 0.29) is 23.2 Å². The fraction of sp³-hybridized carbons (Fsp3) is 0.351. The molecule has 3 aromatic rings. The van der Waals surface area contributed by atoms with Gasteiger partial charge in [0.15, 0.2) is 11.5 Å². The topological polar surface area (TPSA) is 122 Å². The van der Waals surface area contributed by atoms with Crippen molar-refractivity contribution in [3.63, 3.8) is 0 Å². The van der Waals surface area contributed by atoms with Crippen molar-refractivity contribution in [2.45, 2.75) is 57.5 Å². The first-order valence-electron chi connectivity index (χ1n) is 16.1. The molecule has 0 unspecified atom stereocenters. The quantitative estimate of drug-likeness (QED) is 0.136. The van der Waals surface area contributed by atoms with Crippen molar-refractivity contribution in [2.75, 3.05) is 11.5 Å². The summed E-state index contributed by atoms with van der Waals surface area (Å²) in [6.07, 6.45) is 9.18. The van der Waals surface area contributed by atoms with Crippen molar-refractivity contribution in [2.24, 2.45) is 17.8 Å². The second-order valence-electron chi connectivity index (χ2n) is 13.3. The number of carbonyl (C=O) groups is 4. The van der Waals surface area contributed by atoms with Crippen molar-refractivity contribution >= 4 is 58.2 Å². The molecule has 4 bridgehead atoms. The van der Waals surface area contributed by atoms with Crippen molar-refractivity contribution in [3.8, 4) is 11.5 Å². The van der Waals surface area contributed by atoms with Gasteiger partial charge in [0.2, 0.25) is 0 Å². The molecule has 0 spiro atoms. The van der Waals surface area contributed by atoms with Gasteiger partial charge in [-0.2, -0.15) is 0 Å². The number of nitrogens with one attached hydrogen (secondary N) is 1. The van der Waals surface area contributed by atoms with E-state index in [9.17, 15) is 19.2 Å². The van der Waals surface area contributed by atoms with Crippen LogP contribution in [0.25, 0.3) is 6.08 Å². The molecule has 3 aromatic carbocycles. The monoisotopic (exact) mass is 746 g/mol. The number of amides is 4. The molecule has 9 nitrogen and oxygen atoms in total. The van der Waals surface area contributed by atoms with E-state index in [1.54, 1.807) is 24.3 Å². The van der Waals surface area contributed by atoms with Gasteiger partial charge < -0.3 is 14.6 Å². The van der Waals surface area contributed by atoms with E-state index in [1.165, 1.54) is 62.3 Å². The molecule has 47 heavy (non-hydrogen) atoms. The number of rotatable bonds is 9. The van der Waals surface area contributed by atoms with Crippen molar-refractivity contribution in [3.05, 3.63) is 92.1 Å². The molecule has 0 atom stereocenters. The Morgan fingerprint density at radius 1 is 0.957 bits per heavy atom. The van der Waals surface area contributed by atoms with Crippen LogP contribution in [0.1, 0.15) is 72.5 Å². The Bertz CT molecular complexity index is 1760. The zero-order valence-corrected chi connectivity index (χ0v) is 28.1. The van der Waals surface area contributed by atoms with Crippen LogP contribution >= 0.6 is 22.6 Å². The summed E-state index contributed by atoms with van der Waals surface area (Å²) in [7, 11) is 0. The summed E-state index contributed by atoms with van der Waals surface area (Å²) in [4.78, 5) is 51.9. The first kappa shape index (κ1) is 31.4. The van der Waals surface area contributed by atoms with E-state index < -0.39 is 23.8 Å². The number of nitrogens with zero attached hydrogens (tertiary/aromatic N) is 1. The van der Waals surface area contributed by atoms with Crippen LogP contribution in [0.3, 0.4) is 0 Å². The Kier molecular flexibility index (Phi) is 8.32. The van der Waals surface area contributed by atoms with Gasteiger partial charge in [-0.05, 0) is 150 Å². The number of imide groups is 2. The molecule has 4 aliphatic carbocycles. The molecule has 8 rings (SSSR count). The number of anilines is 1. The molecule has 4 saturated carbocycles. The van der Waals surface area contributed by atoms with Gasteiger partial charge in [0.1, 0.15) is 12.2 Å². The first-order chi connectivity index (χ1) is 22.6. The molecule has 1 aliphatic heterocycles. The van der Waals surface area contributed by atoms with Crippen molar-refractivity contribution < 1.29 is 33.8 Å². The van der Waals surface area contributed by atoms with Crippen LogP contribution in [-0.4, -0.2) is 35.5 Å². The second-order valence-corrected chi connectivity index (χ2v) is 14.4. The average molecular weight is 747 g/mol. The Balaban J connectivity index is 1.12. The smallest absolute Gasteiger partial charge is 0.335 e. The highest BCUT2D eigenvalue weighted by molar-refractivity contribution is 14.1. The van der Waals surface area contributed by atoms with Gasteiger partial charge >= 0.3 is 12.0 Å². The number of hydrogen-bond donors (Lipinski definition) is 2. The van der Waals surface area contributed by atoms with Crippen molar-refractivity contribution in [1.82, 2.24) is 5.32 Å². The summed E-state index contributed by atoms with van der Waals surface area (Å²) in [5.41, 5.74) is 3.23. The maximum absolute atomic E-state index is 13.7. The molecular weight excluding hydrogens is 711 g/mol. The van der Waals surface area contributed by atoms with Gasteiger partial charge in [0.05, 0.1) is 21.4 Å². The van der Waals surface area contributed by atoms with E-state index in [0.717, 1.165) is 28.2 Å². The minimum atomic E-state index is -1.00. The average Bonchev–Trinajstić information content (AvgIpc) is 3.02. The van der Waals surface area contributed by atoms with E-state index in [2.05, 4.69) is 40.0 Å². The summed E-state index contributed by atoms with van der Waals surface area (Å²) in [5.74, 6) is 0.853. The van der Waals surface area contributed by atoms with Crippen LogP contribution in [0.2, 0.25) is 0 Å². The number of aromatic carboxylic acids is 1. The highest BCUT2D eigenvalue weighted by Gasteiger charge is 2.51. The number of urea groups is 1. The maximum Gasteiger partial charge on any atom is 0.335 e. The highest BCUT2D eigenvalue weighted by Crippen LogP contribution is 2.60. The number of carbonyl (C=O) groups excluding carboxylic acids is 3. The van der Waals surface area contributed by atoms with E-state index >= 15 is 0 Å². The molecule has 10 heteroatoms. The third-order valence-corrected chi connectivity index (χ3v) is 10.9. The standard InChI is InChI=1S/C37H35IN2O7/c1-2-46-31-16-22(15-30(38)32(31)47-20-21-3-5-26(6-4-21)35(43)44)14-29-33(41)39-36(45)40(34(29)42)28-9-7-27(8-10-28)37-17-23-11-24(18-37)13-25(12-23)19-37/h3-10,14-16,23-25H,2,11-13,17-20H2,1H3,(H,43,44)(H,39,41,45)/b29-14+. The maximum atomic E-state index is 13.7. The molecule has 242 valence electrons. The predicted octanol–water partition coefficient (Wildman–Crippen LogP) is 7.10. The SMILES string of the molecule is CCOc1cc(/C=C2\C(=O)NC(=O)N(c3ccc(C45CC6CC(CC(C6)C4)C5)cc3)C2=O)cc(I)c1OCc1ccc(C(=O)O)cc1. The fourth-order valence-electron chi connectivity index (χ4n) is 8.46.